The Morgan fingerprint density at radius 1 is 1.09 bits per heavy atom. The highest BCUT2D eigenvalue weighted by molar-refractivity contribution is 5.98. The molecule has 1 unspecified atom stereocenters. The van der Waals surface area contributed by atoms with Gasteiger partial charge < -0.3 is 25.1 Å². The molecule has 1 amide bonds. The summed E-state index contributed by atoms with van der Waals surface area (Å²) >= 11 is 0. The van der Waals surface area contributed by atoms with Crippen molar-refractivity contribution in [2.75, 3.05) is 17.2 Å². The number of nitrogens with one attached hydrogen (secondary N) is 4. The molecule has 2 heterocycles. The summed E-state index contributed by atoms with van der Waals surface area (Å²) in [5, 5.41) is 16.3. The largest absolute Gasteiger partial charge is 0.447 e. The van der Waals surface area contributed by atoms with Gasteiger partial charge in [-0.1, -0.05) is 36.4 Å². The fourth-order valence-corrected chi connectivity index (χ4v) is 3.47. The van der Waals surface area contributed by atoms with Crippen molar-refractivity contribution in [2.24, 2.45) is 0 Å². The molecule has 0 aliphatic heterocycles. The molecule has 0 saturated carbocycles. The van der Waals surface area contributed by atoms with Crippen LogP contribution in [0.2, 0.25) is 0 Å². The van der Waals surface area contributed by atoms with Crippen LogP contribution in [0.4, 0.5) is 16.2 Å². The summed E-state index contributed by atoms with van der Waals surface area (Å²) in [6.45, 7) is 3.73. The number of carbonyl (C=O) groups is 1. The van der Waals surface area contributed by atoms with E-state index in [9.17, 15) is 14.7 Å². The predicted octanol–water partition coefficient (Wildman–Crippen LogP) is 4.02. The summed E-state index contributed by atoms with van der Waals surface area (Å²) in [6, 6.07) is 16.2. The summed E-state index contributed by atoms with van der Waals surface area (Å²) < 4.78 is 5.15. The van der Waals surface area contributed by atoms with Crippen LogP contribution in [0.25, 0.3) is 22.4 Å². The van der Waals surface area contributed by atoms with Crippen molar-refractivity contribution in [2.45, 2.75) is 26.1 Å². The van der Waals surface area contributed by atoms with E-state index in [2.05, 4.69) is 25.6 Å². The van der Waals surface area contributed by atoms with E-state index < -0.39 is 12.2 Å². The number of hydrogen-bond donors (Lipinski definition) is 5. The molecule has 4 rings (SSSR count). The topological polar surface area (TPSA) is 132 Å². The summed E-state index contributed by atoms with van der Waals surface area (Å²) in [7, 11) is 0. The zero-order chi connectivity index (χ0) is 23.4. The number of aromatic nitrogens is 3. The highest BCUT2D eigenvalue weighted by Crippen LogP contribution is 2.28. The molecule has 1 atom stereocenters. The zero-order valence-corrected chi connectivity index (χ0v) is 18.3. The Labute approximate surface area is 189 Å². The summed E-state index contributed by atoms with van der Waals surface area (Å²) in [6.07, 6.45) is -0.0646. The standard InChI is InChI=1S/C24H25N5O4/c1-14(2)33-24(32)28-18-10-6-9-17-21(18)29-22(27-17)20-16(11-12-25-23(20)31)26-13-19(30)15-7-4-3-5-8-15/h3-12,14,19,30H,13H2,1-2H3,(H,27,29)(H,28,32)(H2,25,26,31). The van der Waals surface area contributed by atoms with Crippen LogP contribution < -0.4 is 16.2 Å². The number of para-hydroxylation sites is 1. The van der Waals surface area contributed by atoms with Gasteiger partial charge in [0.2, 0.25) is 0 Å². The van der Waals surface area contributed by atoms with E-state index in [1.54, 1.807) is 38.1 Å². The van der Waals surface area contributed by atoms with Gasteiger partial charge >= 0.3 is 6.09 Å². The average Bonchev–Trinajstić information content (AvgIpc) is 3.22. The molecule has 9 nitrogen and oxygen atoms in total. The fourth-order valence-electron chi connectivity index (χ4n) is 3.47. The lowest BCUT2D eigenvalue weighted by Crippen LogP contribution is -2.18. The van der Waals surface area contributed by atoms with E-state index in [1.165, 1.54) is 6.20 Å². The van der Waals surface area contributed by atoms with Crippen molar-refractivity contribution in [1.82, 2.24) is 15.0 Å². The van der Waals surface area contributed by atoms with Crippen molar-refractivity contribution >= 4 is 28.5 Å². The third kappa shape index (κ3) is 5.04. The number of aliphatic hydroxyl groups is 1. The normalized spacial score (nSPS) is 12.0. The van der Waals surface area contributed by atoms with Gasteiger partial charge in [0.05, 0.1) is 34.6 Å². The first-order valence-electron chi connectivity index (χ1n) is 10.6. The number of fused-ring (bicyclic) bond motifs is 1. The first-order chi connectivity index (χ1) is 15.9. The smallest absolute Gasteiger partial charge is 0.411 e. The van der Waals surface area contributed by atoms with Gasteiger partial charge in [0.15, 0.2) is 0 Å². The lowest BCUT2D eigenvalue weighted by atomic mass is 10.1. The molecule has 0 fully saturated rings. The number of aliphatic hydroxyl groups excluding tert-OH is 1. The lowest BCUT2D eigenvalue weighted by Gasteiger charge is -2.14. The van der Waals surface area contributed by atoms with Crippen LogP contribution >= 0.6 is 0 Å². The third-order valence-electron chi connectivity index (χ3n) is 4.97. The van der Waals surface area contributed by atoms with Crippen molar-refractivity contribution in [3.63, 3.8) is 0 Å². The van der Waals surface area contributed by atoms with Crippen molar-refractivity contribution in [3.05, 3.63) is 76.7 Å². The number of H-pyrrole nitrogens is 2. The van der Waals surface area contributed by atoms with E-state index in [0.717, 1.165) is 5.56 Å². The lowest BCUT2D eigenvalue weighted by molar-refractivity contribution is 0.130. The number of nitrogens with zero attached hydrogens (tertiary/aromatic N) is 1. The average molecular weight is 447 g/mol. The Morgan fingerprint density at radius 2 is 1.88 bits per heavy atom. The van der Waals surface area contributed by atoms with Crippen molar-refractivity contribution < 1.29 is 14.6 Å². The van der Waals surface area contributed by atoms with Gasteiger partial charge in [0.25, 0.3) is 5.56 Å². The van der Waals surface area contributed by atoms with Crippen LogP contribution in [-0.2, 0) is 4.74 Å². The Balaban J connectivity index is 1.64. The number of imidazole rings is 1. The minimum atomic E-state index is -0.753. The van der Waals surface area contributed by atoms with Crippen molar-refractivity contribution in [1.29, 1.82) is 0 Å². The number of carbonyl (C=O) groups excluding carboxylic acids is 1. The van der Waals surface area contributed by atoms with Gasteiger partial charge in [-0.2, -0.15) is 0 Å². The number of hydrogen-bond acceptors (Lipinski definition) is 6. The number of benzene rings is 2. The van der Waals surface area contributed by atoms with Gasteiger partial charge in [0, 0.05) is 12.7 Å². The van der Waals surface area contributed by atoms with Gasteiger partial charge in [0.1, 0.15) is 11.4 Å². The first kappa shape index (κ1) is 22.1. The Hall–Kier alpha value is -4.11. The summed E-state index contributed by atoms with van der Waals surface area (Å²) in [5.41, 5.74) is 2.85. The van der Waals surface area contributed by atoms with Crippen LogP contribution in [-0.4, -0.2) is 38.8 Å². The minimum Gasteiger partial charge on any atom is -0.447 e. The molecule has 4 aromatic rings. The van der Waals surface area contributed by atoms with Crippen LogP contribution in [0, 0.1) is 0 Å². The second-order valence-corrected chi connectivity index (χ2v) is 7.77. The van der Waals surface area contributed by atoms with Gasteiger partial charge in [-0.3, -0.25) is 10.1 Å². The molecule has 0 spiro atoms. The highest BCUT2D eigenvalue weighted by atomic mass is 16.6. The Morgan fingerprint density at radius 3 is 2.64 bits per heavy atom. The van der Waals surface area contributed by atoms with E-state index in [1.807, 2.05) is 30.3 Å². The Kier molecular flexibility index (Phi) is 6.41. The van der Waals surface area contributed by atoms with E-state index in [4.69, 9.17) is 4.74 Å². The molecular formula is C24H25N5O4. The molecule has 0 saturated heterocycles. The third-order valence-corrected chi connectivity index (χ3v) is 4.97. The minimum absolute atomic E-state index is 0.203. The highest BCUT2D eigenvalue weighted by Gasteiger charge is 2.17. The van der Waals surface area contributed by atoms with E-state index in [-0.39, 0.29) is 18.2 Å². The monoisotopic (exact) mass is 447 g/mol. The second kappa shape index (κ2) is 9.58. The molecular weight excluding hydrogens is 422 g/mol. The number of ether oxygens (including phenoxy) is 1. The molecule has 9 heteroatoms. The van der Waals surface area contributed by atoms with Gasteiger partial charge in [-0.25, -0.2) is 9.78 Å². The maximum atomic E-state index is 12.7. The Bertz CT molecular complexity index is 1310. The second-order valence-electron chi connectivity index (χ2n) is 7.77. The van der Waals surface area contributed by atoms with Crippen LogP contribution in [0.1, 0.15) is 25.5 Å². The van der Waals surface area contributed by atoms with Gasteiger partial charge in [-0.05, 0) is 37.6 Å². The molecule has 2 aromatic heterocycles. The molecule has 170 valence electrons. The number of amides is 1. The molecule has 0 bridgehead atoms. The predicted molar refractivity (Wildman–Crippen MR) is 127 cm³/mol. The van der Waals surface area contributed by atoms with Crippen LogP contribution in [0.15, 0.2) is 65.6 Å². The number of pyridine rings is 1. The van der Waals surface area contributed by atoms with Crippen LogP contribution in [0.5, 0.6) is 0 Å². The summed E-state index contributed by atoms with van der Waals surface area (Å²) in [5.74, 6) is 0.329. The molecule has 33 heavy (non-hydrogen) atoms. The number of aromatic amines is 2. The maximum absolute atomic E-state index is 12.7. The zero-order valence-electron chi connectivity index (χ0n) is 18.3. The molecule has 0 aliphatic carbocycles. The van der Waals surface area contributed by atoms with E-state index >= 15 is 0 Å². The summed E-state index contributed by atoms with van der Waals surface area (Å²) in [4.78, 5) is 35.1. The first-order valence-corrected chi connectivity index (χ1v) is 10.6. The number of rotatable bonds is 7. The quantitative estimate of drug-likeness (QED) is 0.291. The molecule has 0 aliphatic rings. The SMILES string of the molecule is CC(C)OC(=O)Nc1cccc2nc(-c3c(NCC(O)c4ccccc4)cc[nH]c3=O)[nH]c12. The molecule has 2 aromatic carbocycles. The number of anilines is 2. The van der Waals surface area contributed by atoms with Crippen LogP contribution in [0.3, 0.4) is 0 Å². The van der Waals surface area contributed by atoms with E-state index in [0.29, 0.717) is 33.8 Å². The maximum Gasteiger partial charge on any atom is 0.411 e. The molecule has 0 radical (unpaired) electrons. The fraction of sp³-hybridized carbons (Fsp3) is 0.208. The van der Waals surface area contributed by atoms with Gasteiger partial charge in [-0.15, -0.1) is 0 Å². The molecule has 5 N–H and O–H groups in total. The van der Waals surface area contributed by atoms with Crippen molar-refractivity contribution in [3.8, 4) is 11.4 Å².